The number of hydrogen-bond acceptors (Lipinski definition) is 2. The zero-order chi connectivity index (χ0) is 14.5. The van der Waals surface area contributed by atoms with Crippen LogP contribution in [0.15, 0.2) is 35.9 Å². The molecule has 0 heterocycles. The average molecular weight is 274 g/mol. The SMILES string of the molecule is O=C(O)C(=C(C(=O)O)C1CCCCC1)c1ccccc1. The van der Waals surface area contributed by atoms with Crippen LogP contribution in [-0.2, 0) is 9.59 Å². The van der Waals surface area contributed by atoms with Crippen LogP contribution in [0.3, 0.4) is 0 Å². The van der Waals surface area contributed by atoms with Crippen molar-refractivity contribution in [3.05, 3.63) is 41.5 Å². The van der Waals surface area contributed by atoms with Crippen LogP contribution in [0, 0.1) is 5.92 Å². The summed E-state index contributed by atoms with van der Waals surface area (Å²) in [5.74, 6) is -2.44. The summed E-state index contributed by atoms with van der Waals surface area (Å²) in [4.78, 5) is 23.2. The standard InChI is InChI=1S/C16H18O4/c17-15(18)13(11-7-3-1-4-8-11)14(16(19)20)12-9-5-2-6-10-12/h1,3-4,7-8,12H,2,5-6,9-10H2,(H,17,18)(H,19,20). The van der Waals surface area contributed by atoms with Gasteiger partial charge in [-0.05, 0) is 24.3 Å². The third-order valence-electron chi connectivity index (χ3n) is 3.79. The minimum atomic E-state index is -1.17. The first-order valence-electron chi connectivity index (χ1n) is 6.87. The van der Waals surface area contributed by atoms with E-state index in [9.17, 15) is 19.8 Å². The van der Waals surface area contributed by atoms with Crippen LogP contribution in [0.1, 0.15) is 37.7 Å². The molecule has 2 rings (SSSR count). The summed E-state index contributed by atoms with van der Waals surface area (Å²) in [7, 11) is 0. The summed E-state index contributed by atoms with van der Waals surface area (Å²) in [6, 6.07) is 8.52. The van der Waals surface area contributed by atoms with Crippen molar-refractivity contribution in [3.8, 4) is 0 Å². The quantitative estimate of drug-likeness (QED) is 0.827. The number of carboxylic acids is 2. The molecule has 20 heavy (non-hydrogen) atoms. The van der Waals surface area contributed by atoms with Crippen molar-refractivity contribution >= 4 is 17.5 Å². The van der Waals surface area contributed by atoms with Gasteiger partial charge in [-0.15, -0.1) is 0 Å². The van der Waals surface area contributed by atoms with Gasteiger partial charge in [-0.2, -0.15) is 0 Å². The first-order chi connectivity index (χ1) is 9.61. The van der Waals surface area contributed by atoms with Crippen LogP contribution in [0.4, 0.5) is 0 Å². The van der Waals surface area contributed by atoms with Gasteiger partial charge in [0.05, 0.1) is 11.1 Å². The molecule has 2 N–H and O–H groups in total. The Hall–Kier alpha value is -2.10. The highest BCUT2D eigenvalue weighted by Gasteiger charge is 2.29. The molecule has 0 unspecified atom stereocenters. The van der Waals surface area contributed by atoms with Gasteiger partial charge in [0.15, 0.2) is 0 Å². The lowest BCUT2D eigenvalue weighted by atomic mass is 9.80. The van der Waals surface area contributed by atoms with Crippen molar-refractivity contribution in [1.82, 2.24) is 0 Å². The van der Waals surface area contributed by atoms with Crippen LogP contribution in [0.2, 0.25) is 0 Å². The van der Waals surface area contributed by atoms with E-state index in [1.807, 2.05) is 0 Å². The number of benzene rings is 1. The number of rotatable bonds is 4. The van der Waals surface area contributed by atoms with Crippen LogP contribution in [0.25, 0.3) is 5.57 Å². The van der Waals surface area contributed by atoms with E-state index in [0.717, 1.165) is 32.1 Å². The molecule has 1 aliphatic carbocycles. The van der Waals surface area contributed by atoms with Gasteiger partial charge in [-0.25, -0.2) is 9.59 Å². The molecular weight excluding hydrogens is 256 g/mol. The van der Waals surface area contributed by atoms with Crippen molar-refractivity contribution in [3.63, 3.8) is 0 Å². The Labute approximate surface area is 117 Å². The number of hydrogen-bond donors (Lipinski definition) is 2. The van der Waals surface area contributed by atoms with Gasteiger partial charge in [-0.3, -0.25) is 0 Å². The lowest BCUT2D eigenvalue weighted by Gasteiger charge is -2.24. The fourth-order valence-electron chi connectivity index (χ4n) is 2.88. The maximum Gasteiger partial charge on any atom is 0.336 e. The second-order valence-corrected chi connectivity index (χ2v) is 5.10. The second kappa shape index (κ2) is 6.37. The zero-order valence-electron chi connectivity index (χ0n) is 11.2. The van der Waals surface area contributed by atoms with Crippen molar-refractivity contribution in [2.45, 2.75) is 32.1 Å². The molecule has 1 fully saturated rings. The minimum absolute atomic E-state index is 0.0587. The topological polar surface area (TPSA) is 74.6 Å². The fraction of sp³-hybridized carbons (Fsp3) is 0.375. The third-order valence-corrected chi connectivity index (χ3v) is 3.79. The number of aliphatic carboxylic acids is 2. The Kier molecular flexibility index (Phi) is 4.56. The molecular formula is C16H18O4. The molecule has 1 aromatic carbocycles. The largest absolute Gasteiger partial charge is 0.478 e. The van der Waals surface area contributed by atoms with E-state index in [4.69, 9.17) is 0 Å². The van der Waals surface area contributed by atoms with Crippen LogP contribution < -0.4 is 0 Å². The Morgan fingerprint density at radius 3 is 2.00 bits per heavy atom. The summed E-state index contributed by atoms with van der Waals surface area (Å²) in [6.45, 7) is 0. The van der Waals surface area contributed by atoms with E-state index in [1.165, 1.54) is 0 Å². The van der Waals surface area contributed by atoms with E-state index in [2.05, 4.69) is 0 Å². The van der Waals surface area contributed by atoms with Crippen LogP contribution in [-0.4, -0.2) is 22.2 Å². The maximum absolute atomic E-state index is 11.6. The smallest absolute Gasteiger partial charge is 0.336 e. The Morgan fingerprint density at radius 1 is 0.900 bits per heavy atom. The molecule has 0 amide bonds. The highest BCUT2D eigenvalue weighted by atomic mass is 16.4. The van der Waals surface area contributed by atoms with Gasteiger partial charge >= 0.3 is 11.9 Å². The predicted molar refractivity (Wildman–Crippen MR) is 75.2 cm³/mol. The summed E-state index contributed by atoms with van der Waals surface area (Å²) in [6.07, 6.45) is 4.53. The van der Waals surface area contributed by atoms with Gasteiger partial charge in [0.1, 0.15) is 0 Å². The van der Waals surface area contributed by atoms with E-state index in [0.29, 0.717) is 5.56 Å². The number of carbonyl (C=O) groups is 2. The molecule has 0 bridgehead atoms. The highest BCUT2D eigenvalue weighted by Crippen LogP contribution is 2.34. The third kappa shape index (κ3) is 3.07. The highest BCUT2D eigenvalue weighted by molar-refractivity contribution is 6.21. The molecule has 0 radical (unpaired) electrons. The summed E-state index contributed by atoms with van der Waals surface area (Å²) >= 11 is 0. The lowest BCUT2D eigenvalue weighted by Crippen LogP contribution is -2.20. The molecule has 4 nitrogen and oxygen atoms in total. The molecule has 106 valence electrons. The van der Waals surface area contributed by atoms with Crippen molar-refractivity contribution in [1.29, 1.82) is 0 Å². The molecule has 1 aromatic rings. The molecule has 1 saturated carbocycles. The van der Waals surface area contributed by atoms with E-state index in [-0.39, 0.29) is 17.1 Å². The van der Waals surface area contributed by atoms with Gasteiger partial charge in [0, 0.05) is 0 Å². The van der Waals surface area contributed by atoms with Crippen LogP contribution in [0.5, 0.6) is 0 Å². The molecule has 0 spiro atoms. The molecule has 0 aromatic heterocycles. The van der Waals surface area contributed by atoms with E-state index < -0.39 is 11.9 Å². The zero-order valence-corrected chi connectivity index (χ0v) is 11.2. The maximum atomic E-state index is 11.6. The molecule has 1 aliphatic rings. The van der Waals surface area contributed by atoms with E-state index >= 15 is 0 Å². The molecule has 0 atom stereocenters. The van der Waals surface area contributed by atoms with Crippen molar-refractivity contribution < 1.29 is 19.8 Å². The summed E-state index contributed by atoms with van der Waals surface area (Å²) in [5.41, 5.74) is 0.455. The summed E-state index contributed by atoms with van der Waals surface area (Å²) < 4.78 is 0. The van der Waals surface area contributed by atoms with Gasteiger partial charge < -0.3 is 10.2 Å². The average Bonchev–Trinajstić information content (AvgIpc) is 2.45. The predicted octanol–water partition coefficient (Wildman–Crippen LogP) is 3.19. The van der Waals surface area contributed by atoms with Crippen LogP contribution >= 0.6 is 0 Å². The van der Waals surface area contributed by atoms with E-state index in [1.54, 1.807) is 30.3 Å². The Morgan fingerprint density at radius 2 is 1.50 bits per heavy atom. The first-order valence-corrected chi connectivity index (χ1v) is 6.87. The lowest BCUT2D eigenvalue weighted by molar-refractivity contribution is -0.135. The summed E-state index contributed by atoms with van der Waals surface area (Å²) in [5, 5.41) is 18.9. The van der Waals surface area contributed by atoms with Crippen molar-refractivity contribution in [2.24, 2.45) is 5.92 Å². The molecule has 0 saturated heterocycles. The van der Waals surface area contributed by atoms with Crippen molar-refractivity contribution in [2.75, 3.05) is 0 Å². The monoisotopic (exact) mass is 274 g/mol. The van der Waals surface area contributed by atoms with Gasteiger partial charge in [-0.1, -0.05) is 49.6 Å². The Balaban J connectivity index is 2.53. The second-order valence-electron chi connectivity index (χ2n) is 5.10. The fourth-order valence-corrected chi connectivity index (χ4v) is 2.88. The van der Waals surface area contributed by atoms with Gasteiger partial charge in [0.2, 0.25) is 0 Å². The Bertz CT molecular complexity index is 525. The molecule has 0 aliphatic heterocycles. The molecule has 4 heteroatoms. The minimum Gasteiger partial charge on any atom is -0.478 e. The number of carboxylic acid groups (broad SMARTS) is 2. The first kappa shape index (κ1) is 14.3. The van der Waals surface area contributed by atoms with Gasteiger partial charge in [0.25, 0.3) is 0 Å². The normalized spacial score (nSPS) is 17.4.